The van der Waals surface area contributed by atoms with E-state index in [9.17, 15) is 19.7 Å². The predicted molar refractivity (Wildman–Crippen MR) is 116 cm³/mol. The van der Waals surface area contributed by atoms with Crippen molar-refractivity contribution in [2.24, 2.45) is 5.92 Å². The maximum atomic E-state index is 12.7. The topological polar surface area (TPSA) is 95.8 Å². The van der Waals surface area contributed by atoms with Crippen LogP contribution in [0.2, 0.25) is 5.02 Å². The summed E-state index contributed by atoms with van der Waals surface area (Å²) in [5, 5.41) is 14.1. The summed E-state index contributed by atoms with van der Waals surface area (Å²) in [6.45, 7) is 6.27. The molecule has 30 heavy (non-hydrogen) atoms. The van der Waals surface area contributed by atoms with Crippen LogP contribution in [0, 0.1) is 16.0 Å². The van der Waals surface area contributed by atoms with Crippen LogP contribution in [0.5, 0.6) is 0 Å². The number of rotatable bonds is 5. The van der Waals surface area contributed by atoms with Gasteiger partial charge < -0.3 is 15.1 Å². The van der Waals surface area contributed by atoms with Gasteiger partial charge in [-0.2, -0.15) is 0 Å². The van der Waals surface area contributed by atoms with Gasteiger partial charge in [-0.1, -0.05) is 25.4 Å². The molecule has 2 amide bonds. The molecule has 1 saturated heterocycles. The van der Waals surface area contributed by atoms with Crippen molar-refractivity contribution in [3.63, 3.8) is 0 Å². The Morgan fingerprint density at radius 2 is 1.70 bits per heavy atom. The van der Waals surface area contributed by atoms with Gasteiger partial charge in [0.25, 0.3) is 11.6 Å². The monoisotopic (exact) mass is 430 g/mol. The molecule has 158 valence electrons. The molecule has 0 unspecified atom stereocenters. The number of piperazine rings is 1. The number of non-ortho nitro benzene ring substituents is 1. The fraction of sp³-hybridized carbons (Fsp3) is 0.333. The molecule has 0 atom stereocenters. The molecule has 9 heteroatoms. The maximum Gasteiger partial charge on any atom is 0.269 e. The molecular formula is C21H23ClN4O4. The second kappa shape index (κ2) is 9.13. The molecule has 3 rings (SSSR count). The molecule has 1 aliphatic rings. The molecule has 2 aromatic rings. The number of nitrogens with zero attached hydrogens (tertiary/aromatic N) is 3. The second-order valence-corrected chi connectivity index (χ2v) is 7.82. The van der Waals surface area contributed by atoms with E-state index in [4.69, 9.17) is 11.6 Å². The van der Waals surface area contributed by atoms with Crippen molar-refractivity contribution in [2.45, 2.75) is 13.8 Å². The Labute approximate surface area is 179 Å². The molecule has 1 aliphatic heterocycles. The van der Waals surface area contributed by atoms with Crippen molar-refractivity contribution >= 4 is 40.5 Å². The van der Waals surface area contributed by atoms with Gasteiger partial charge in [0.1, 0.15) is 0 Å². The first-order valence-electron chi connectivity index (χ1n) is 9.65. The molecule has 0 aromatic heterocycles. The quantitative estimate of drug-likeness (QED) is 0.574. The van der Waals surface area contributed by atoms with E-state index in [2.05, 4.69) is 10.2 Å². The predicted octanol–water partition coefficient (Wildman–Crippen LogP) is 3.81. The van der Waals surface area contributed by atoms with Gasteiger partial charge in [0.15, 0.2) is 0 Å². The van der Waals surface area contributed by atoms with Crippen LogP contribution in [0.15, 0.2) is 42.5 Å². The SMILES string of the molecule is CC(C)C(=O)N1CCN(c2ccc(Cl)cc2NC(=O)c2ccc([N+](=O)[O-])cc2)CC1. The largest absolute Gasteiger partial charge is 0.366 e. The van der Waals surface area contributed by atoms with Gasteiger partial charge in [-0.3, -0.25) is 19.7 Å². The Bertz CT molecular complexity index is 954. The third-order valence-corrected chi connectivity index (χ3v) is 5.21. The zero-order valence-corrected chi connectivity index (χ0v) is 17.6. The maximum absolute atomic E-state index is 12.7. The molecule has 1 fully saturated rings. The Balaban J connectivity index is 1.75. The summed E-state index contributed by atoms with van der Waals surface area (Å²) in [5.74, 6) is -0.289. The van der Waals surface area contributed by atoms with E-state index in [0.29, 0.717) is 42.5 Å². The van der Waals surface area contributed by atoms with Crippen molar-refractivity contribution in [3.05, 3.63) is 63.2 Å². The van der Waals surface area contributed by atoms with E-state index in [1.807, 2.05) is 24.8 Å². The number of hydrogen-bond donors (Lipinski definition) is 1. The summed E-state index contributed by atoms with van der Waals surface area (Å²) in [4.78, 5) is 39.1. The van der Waals surface area contributed by atoms with Gasteiger partial charge >= 0.3 is 0 Å². The van der Waals surface area contributed by atoms with Crippen molar-refractivity contribution in [1.82, 2.24) is 4.90 Å². The number of anilines is 2. The highest BCUT2D eigenvalue weighted by atomic mass is 35.5. The Kier molecular flexibility index (Phi) is 6.56. The van der Waals surface area contributed by atoms with Gasteiger partial charge in [0.2, 0.25) is 5.91 Å². The number of benzene rings is 2. The lowest BCUT2D eigenvalue weighted by atomic mass is 10.1. The Morgan fingerprint density at radius 1 is 1.07 bits per heavy atom. The average molecular weight is 431 g/mol. The molecule has 0 spiro atoms. The molecule has 0 bridgehead atoms. The van der Waals surface area contributed by atoms with Crippen molar-refractivity contribution in [2.75, 3.05) is 36.4 Å². The van der Waals surface area contributed by atoms with Crippen LogP contribution in [-0.4, -0.2) is 47.8 Å². The highest BCUT2D eigenvalue weighted by molar-refractivity contribution is 6.31. The Hall–Kier alpha value is -3.13. The Morgan fingerprint density at radius 3 is 2.27 bits per heavy atom. The second-order valence-electron chi connectivity index (χ2n) is 7.39. The zero-order valence-electron chi connectivity index (χ0n) is 16.8. The summed E-state index contributed by atoms with van der Waals surface area (Å²) in [6.07, 6.45) is 0. The van der Waals surface area contributed by atoms with Crippen molar-refractivity contribution < 1.29 is 14.5 Å². The van der Waals surface area contributed by atoms with Crippen LogP contribution in [0.1, 0.15) is 24.2 Å². The number of hydrogen-bond acceptors (Lipinski definition) is 5. The van der Waals surface area contributed by atoms with Gasteiger partial charge in [0.05, 0.1) is 16.3 Å². The number of carbonyl (C=O) groups is 2. The van der Waals surface area contributed by atoms with E-state index in [1.165, 1.54) is 24.3 Å². The number of amides is 2. The smallest absolute Gasteiger partial charge is 0.269 e. The normalized spacial score (nSPS) is 14.0. The zero-order chi connectivity index (χ0) is 21.8. The third-order valence-electron chi connectivity index (χ3n) is 4.97. The summed E-state index contributed by atoms with van der Waals surface area (Å²) in [6, 6.07) is 10.7. The summed E-state index contributed by atoms with van der Waals surface area (Å²) in [7, 11) is 0. The summed E-state index contributed by atoms with van der Waals surface area (Å²) in [5.41, 5.74) is 1.59. The van der Waals surface area contributed by atoms with E-state index < -0.39 is 4.92 Å². The lowest BCUT2D eigenvalue weighted by Gasteiger charge is -2.37. The van der Waals surface area contributed by atoms with Crippen molar-refractivity contribution in [1.29, 1.82) is 0 Å². The highest BCUT2D eigenvalue weighted by Gasteiger charge is 2.24. The van der Waals surface area contributed by atoms with Gasteiger partial charge in [0, 0.05) is 54.8 Å². The number of nitro benzene ring substituents is 1. The van der Waals surface area contributed by atoms with Crippen LogP contribution in [-0.2, 0) is 4.79 Å². The van der Waals surface area contributed by atoms with Crippen LogP contribution in [0.25, 0.3) is 0 Å². The molecule has 1 heterocycles. The highest BCUT2D eigenvalue weighted by Crippen LogP contribution is 2.31. The number of carbonyl (C=O) groups excluding carboxylic acids is 2. The first-order chi connectivity index (χ1) is 14.3. The minimum Gasteiger partial charge on any atom is -0.366 e. The molecular weight excluding hydrogens is 408 g/mol. The minimum atomic E-state index is -0.513. The first kappa shape index (κ1) is 21.6. The summed E-state index contributed by atoms with van der Waals surface area (Å²) >= 11 is 6.14. The van der Waals surface area contributed by atoms with E-state index >= 15 is 0 Å². The number of nitrogens with one attached hydrogen (secondary N) is 1. The minimum absolute atomic E-state index is 0.0383. The van der Waals surface area contributed by atoms with Crippen LogP contribution in [0.4, 0.5) is 17.1 Å². The fourth-order valence-corrected chi connectivity index (χ4v) is 3.52. The van der Waals surface area contributed by atoms with E-state index in [-0.39, 0.29) is 23.4 Å². The van der Waals surface area contributed by atoms with Gasteiger partial charge in [-0.05, 0) is 30.3 Å². The average Bonchev–Trinajstić information content (AvgIpc) is 2.73. The molecule has 8 nitrogen and oxygen atoms in total. The van der Waals surface area contributed by atoms with Crippen LogP contribution in [0.3, 0.4) is 0 Å². The molecule has 0 aliphatic carbocycles. The van der Waals surface area contributed by atoms with Gasteiger partial charge in [-0.25, -0.2) is 0 Å². The van der Waals surface area contributed by atoms with Crippen LogP contribution >= 0.6 is 11.6 Å². The van der Waals surface area contributed by atoms with E-state index in [1.54, 1.807) is 12.1 Å². The van der Waals surface area contributed by atoms with Crippen LogP contribution < -0.4 is 10.2 Å². The number of halogens is 1. The standard InChI is InChI=1S/C21H23ClN4O4/c1-14(2)21(28)25-11-9-24(10-12-25)19-8-5-16(22)13-18(19)23-20(27)15-3-6-17(7-4-15)26(29)30/h3-8,13-14H,9-12H2,1-2H3,(H,23,27). The fourth-order valence-electron chi connectivity index (χ4n) is 3.35. The molecule has 1 N–H and O–H groups in total. The molecule has 2 aromatic carbocycles. The molecule has 0 saturated carbocycles. The number of nitro groups is 1. The third kappa shape index (κ3) is 4.88. The lowest BCUT2D eigenvalue weighted by Crippen LogP contribution is -2.50. The van der Waals surface area contributed by atoms with Gasteiger partial charge in [-0.15, -0.1) is 0 Å². The molecule has 0 radical (unpaired) electrons. The van der Waals surface area contributed by atoms with E-state index in [0.717, 1.165) is 5.69 Å². The lowest BCUT2D eigenvalue weighted by molar-refractivity contribution is -0.384. The first-order valence-corrected chi connectivity index (χ1v) is 10.0. The summed E-state index contributed by atoms with van der Waals surface area (Å²) < 4.78 is 0. The van der Waals surface area contributed by atoms with Crippen molar-refractivity contribution in [3.8, 4) is 0 Å².